The van der Waals surface area contributed by atoms with E-state index in [0.717, 1.165) is 22.4 Å². The van der Waals surface area contributed by atoms with Gasteiger partial charge in [0.1, 0.15) is 0 Å². The van der Waals surface area contributed by atoms with Gasteiger partial charge in [-0.1, -0.05) is 23.8 Å². The zero-order chi connectivity index (χ0) is 20.3. The van der Waals surface area contributed by atoms with Gasteiger partial charge in [-0.05, 0) is 56.9 Å². The Morgan fingerprint density at radius 3 is 2.36 bits per heavy atom. The predicted octanol–water partition coefficient (Wildman–Crippen LogP) is 2.72. The number of carbonyl (C=O) groups is 1. The molecule has 6 nitrogen and oxygen atoms in total. The molecule has 1 aliphatic heterocycles. The Bertz CT molecular complexity index is 927. The summed E-state index contributed by atoms with van der Waals surface area (Å²) in [5.74, 6) is -0.208. The molecule has 2 aromatic rings. The summed E-state index contributed by atoms with van der Waals surface area (Å²) >= 11 is 0. The van der Waals surface area contributed by atoms with Crippen molar-refractivity contribution in [1.82, 2.24) is 14.6 Å². The van der Waals surface area contributed by atoms with Crippen molar-refractivity contribution in [2.75, 3.05) is 13.1 Å². The lowest BCUT2D eigenvalue weighted by atomic mass is 9.97. The maximum Gasteiger partial charge on any atom is 0.243 e. The molecule has 0 saturated carbocycles. The minimum atomic E-state index is -3.55. The second-order valence-corrected chi connectivity index (χ2v) is 9.32. The van der Waals surface area contributed by atoms with Crippen LogP contribution in [0.5, 0.6) is 0 Å². The van der Waals surface area contributed by atoms with E-state index in [9.17, 15) is 13.2 Å². The lowest BCUT2D eigenvalue weighted by Crippen LogP contribution is -2.43. The molecule has 0 unspecified atom stereocenters. The van der Waals surface area contributed by atoms with Crippen molar-refractivity contribution in [1.29, 1.82) is 0 Å². The van der Waals surface area contributed by atoms with Gasteiger partial charge in [0.05, 0.1) is 17.1 Å². The number of piperidine rings is 1. The predicted molar refractivity (Wildman–Crippen MR) is 108 cm³/mol. The van der Waals surface area contributed by atoms with Crippen molar-refractivity contribution in [2.45, 2.75) is 45.1 Å². The number of carbonyl (C=O) groups excluding carboxylic acids is 1. The van der Waals surface area contributed by atoms with Crippen molar-refractivity contribution in [3.05, 3.63) is 58.9 Å². The number of hydrogen-bond acceptors (Lipinski definition) is 4. The molecule has 1 aromatic heterocycles. The molecule has 1 fully saturated rings. The third-order valence-corrected chi connectivity index (χ3v) is 7.40. The second kappa shape index (κ2) is 8.41. The molecular weight excluding hydrogens is 374 g/mol. The third kappa shape index (κ3) is 4.42. The Kier molecular flexibility index (Phi) is 6.15. The lowest BCUT2D eigenvalue weighted by molar-refractivity contribution is -0.126. The summed E-state index contributed by atoms with van der Waals surface area (Å²) in [6.07, 6.45) is 2.74. The van der Waals surface area contributed by atoms with E-state index in [-0.39, 0.29) is 11.8 Å². The molecule has 0 aliphatic carbocycles. The van der Waals surface area contributed by atoms with E-state index in [1.165, 1.54) is 4.31 Å². The van der Waals surface area contributed by atoms with Crippen molar-refractivity contribution >= 4 is 15.9 Å². The minimum absolute atomic E-state index is 0.0367. The highest BCUT2D eigenvalue weighted by Gasteiger charge is 2.33. The fourth-order valence-electron chi connectivity index (χ4n) is 3.89. The molecular formula is C21H27N3O3S. The second-order valence-electron chi connectivity index (χ2n) is 7.45. The molecule has 1 N–H and O–H groups in total. The Balaban J connectivity index is 1.62. The minimum Gasteiger partial charge on any atom is -0.350 e. The van der Waals surface area contributed by atoms with Crippen LogP contribution in [0.2, 0.25) is 0 Å². The maximum absolute atomic E-state index is 13.1. The number of nitrogens with one attached hydrogen (secondary N) is 1. The standard InChI is InChI=1S/C21H27N3O3S/c1-15-12-16(2)20(17(3)13-15)28(26,27)24-10-7-18(8-11-24)21(25)23-14-19-6-4-5-9-22-19/h4-6,9,12-13,18H,7-8,10-11,14H2,1-3H3,(H,23,25). The summed E-state index contributed by atoms with van der Waals surface area (Å²) in [5.41, 5.74) is 3.40. The number of aromatic nitrogens is 1. The van der Waals surface area contributed by atoms with Crippen LogP contribution < -0.4 is 5.32 Å². The average Bonchev–Trinajstić information content (AvgIpc) is 2.66. The Morgan fingerprint density at radius 1 is 1.14 bits per heavy atom. The quantitative estimate of drug-likeness (QED) is 0.835. The molecule has 1 aliphatic rings. The number of rotatable bonds is 5. The number of benzene rings is 1. The normalized spacial score (nSPS) is 16.1. The summed E-state index contributed by atoms with van der Waals surface area (Å²) in [6, 6.07) is 9.38. The fraction of sp³-hybridized carbons (Fsp3) is 0.429. The first-order valence-electron chi connectivity index (χ1n) is 9.54. The van der Waals surface area contributed by atoms with Crippen LogP contribution in [0.3, 0.4) is 0 Å². The Morgan fingerprint density at radius 2 is 1.79 bits per heavy atom. The van der Waals surface area contributed by atoms with Gasteiger partial charge in [-0.15, -0.1) is 0 Å². The van der Waals surface area contributed by atoms with Crippen molar-refractivity contribution in [2.24, 2.45) is 5.92 Å². The van der Waals surface area contributed by atoms with Crippen LogP contribution in [0.15, 0.2) is 41.4 Å². The summed E-state index contributed by atoms with van der Waals surface area (Å²) < 4.78 is 27.8. The van der Waals surface area contributed by atoms with E-state index < -0.39 is 10.0 Å². The largest absolute Gasteiger partial charge is 0.350 e. The molecule has 150 valence electrons. The van der Waals surface area contributed by atoms with E-state index in [1.807, 2.05) is 51.1 Å². The van der Waals surface area contributed by atoms with Crippen LogP contribution in [0, 0.1) is 26.7 Å². The molecule has 0 atom stereocenters. The zero-order valence-corrected chi connectivity index (χ0v) is 17.4. The first kappa shape index (κ1) is 20.5. The molecule has 1 saturated heterocycles. The monoisotopic (exact) mass is 401 g/mol. The molecule has 2 heterocycles. The summed E-state index contributed by atoms with van der Waals surface area (Å²) in [6.45, 7) is 6.74. The van der Waals surface area contributed by atoms with Gasteiger partial charge in [0.25, 0.3) is 0 Å². The van der Waals surface area contributed by atoms with Gasteiger partial charge in [-0.3, -0.25) is 9.78 Å². The van der Waals surface area contributed by atoms with Gasteiger partial charge in [0.15, 0.2) is 0 Å². The fourth-order valence-corrected chi connectivity index (χ4v) is 5.77. The molecule has 0 radical (unpaired) electrons. The Labute approximate surface area is 167 Å². The summed E-state index contributed by atoms with van der Waals surface area (Å²) in [7, 11) is -3.55. The van der Waals surface area contributed by atoms with Crippen LogP contribution >= 0.6 is 0 Å². The smallest absolute Gasteiger partial charge is 0.243 e. The molecule has 0 spiro atoms. The van der Waals surface area contributed by atoms with Gasteiger partial charge in [0, 0.05) is 25.2 Å². The number of pyridine rings is 1. The van der Waals surface area contributed by atoms with E-state index in [1.54, 1.807) is 6.20 Å². The van der Waals surface area contributed by atoms with E-state index in [4.69, 9.17) is 0 Å². The molecule has 0 bridgehead atoms. The first-order chi connectivity index (χ1) is 13.3. The number of hydrogen-bond donors (Lipinski definition) is 1. The van der Waals surface area contributed by atoms with Crippen molar-refractivity contribution < 1.29 is 13.2 Å². The lowest BCUT2D eigenvalue weighted by Gasteiger charge is -2.31. The highest BCUT2D eigenvalue weighted by atomic mass is 32.2. The number of aryl methyl sites for hydroxylation is 3. The average molecular weight is 402 g/mol. The molecule has 1 amide bonds. The van der Waals surface area contributed by atoms with E-state index in [0.29, 0.717) is 37.4 Å². The van der Waals surface area contributed by atoms with Crippen LogP contribution in [0.4, 0.5) is 0 Å². The summed E-state index contributed by atoms with van der Waals surface area (Å²) in [5, 5.41) is 2.91. The van der Waals surface area contributed by atoms with E-state index in [2.05, 4.69) is 10.3 Å². The van der Waals surface area contributed by atoms with Crippen LogP contribution in [-0.4, -0.2) is 36.7 Å². The molecule has 1 aromatic carbocycles. The van der Waals surface area contributed by atoms with Crippen LogP contribution in [0.1, 0.15) is 35.2 Å². The SMILES string of the molecule is Cc1cc(C)c(S(=O)(=O)N2CCC(C(=O)NCc3ccccn3)CC2)c(C)c1. The van der Waals surface area contributed by atoms with Crippen LogP contribution in [0.25, 0.3) is 0 Å². The first-order valence-corrected chi connectivity index (χ1v) is 11.0. The Hall–Kier alpha value is -2.25. The maximum atomic E-state index is 13.1. The number of amides is 1. The van der Waals surface area contributed by atoms with E-state index >= 15 is 0 Å². The van der Waals surface area contributed by atoms with Gasteiger partial charge < -0.3 is 5.32 Å². The highest BCUT2D eigenvalue weighted by molar-refractivity contribution is 7.89. The van der Waals surface area contributed by atoms with Crippen molar-refractivity contribution in [3.63, 3.8) is 0 Å². The number of nitrogens with zero attached hydrogens (tertiary/aromatic N) is 2. The van der Waals surface area contributed by atoms with Gasteiger partial charge in [-0.25, -0.2) is 8.42 Å². The number of sulfonamides is 1. The zero-order valence-electron chi connectivity index (χ0n) is 16.6. The third-order valence-electron chi connectivity index (χ3n) is 5.20. The topological polar surface area (TPSA) is 79.4 Å². The molecule has 28 heavy (non-hydrogen) atoms. The van der Waals surface area contributed by atoms with Crippen molar-refractivity contribution in [3.8, 4) is 0 Å². The summed E-state index contributed by atoms with van der Waals surface area (Å²) in [4.78, 5) is 17.0. The highest BCUT2D eigenvalue weighted by Crippen LogP contribution is 2.28. The van der Waals surface area contributed by atoms with Gasteiger partial charge >= 0.3 is 0 Å². The van der Waals surface area contributed by atoms with Crippen LogP contribution in [-0.2, 0) is 21.4 Å². The molecule has 3 rings (SSSR count). The van der Waals surface area contributed by atoms with Gasteiger partial charge in [-0.2, -0.15) is 4.31 Å². The molecule has 7 heteroatoms. The van der Waals surface area contributed by atoms with Gasteiger partial charge in [0.2, 0.25) is 15.9 Å².